The van der Waals surface area contributed by atoms with Crippen LogP contribution >= 0.6 is 0 Å². The molecule has 0 saturated heterocycles. The number of carbonyl (C=O) groups excluding carboxylic acids is 1. The zero-order valence-corrected chi connectivity index (χ0v) is 16.1. The Kier molecular flexibility index (Phi) is 5.63. The number of fused-ring (bicyclic) bond motifs is 1. The Balaban J connectivity index is 2.08. The van der Waals surface area contributed by atoms with Gasteiger partial charge < -0.3 is 4.74 Å². The third-order valence-corrected chi connectivity index (χ3v) is 6.99. The quantitative estimate of drug-likeness (QED) is 0.475. The minimum atomic E-state index is -0.0729. The Morgan fingerprint density at radius 2 is 2.04 bits per heavy atom. The Hall–Kier alpha value is -0.790. The zero-order valence-electron chi connectivity index (χ0n) is 16.1. The second-order valence-electron chi connectivity index (χ2n) is 9.10. The van der Waals surface area contributed by atoms with E-state index in [4.69, 9.17) is 4.74 Å². The molecule has 0 aliphatic heterocycles. The fourth-order valence-electron chi connectivity index (χ4n) is 5.62. The van der Waals surface area contributed by atoms with E-state index in [0.717, 1.165) is 12.3 Å². The molecule has 0 spiro atoms. The molecule has 0 unspecified atom stereocenters. The molecule has 1 saturated carbocycles. The molecule has 0 heterocycles. The van der Waals surface area contributed by atoms with Crippen molar-refractivity contribution in [2.45, 2.75) is 79.6 Å². The Morgan fingerprint density at radius 3 is 2.70 bits per heavy atom. The summed E-state index contributed by atoms with van der Waals surface area (Å²) in [5, 5.41) is 0. The average molecular weight is 321 g/mol. The Bertz CT molecular complexity index is 462. The van der Waals surface area contributed by atoms with Crippen LogP contribution in [0.4, 0.5) is 0 Å². The molecule has 23 heavy (non-hydrogen) atoms. The topological polar surface area (TPSA) is 26.3 Å². The van der Waals surface area contributed by atoms with E-state index >= 15 is 0 Å². The monoisotopic (exact) mass is 320 g/mol. The van der Waals surface area contributed by atoms with Gasteiger partial charge in [-0.25, -0.2) is 0 Å². The van der Waals surface area contributed by atoms with Gasteiger partial charge in [-0.1, -0.05) is 45.8 Å². The summed E-state index contributed by atoms with van der Waals surface area (Å²) >= 11 is 0. The molecule has 0 amide bonds. The highest BCUT2D eigenvalue weighted by Crippen LogP contribution is 2.60. The van der Waals surface area contributed by atoms with Gasteiger partial charge in [0.05, 0.1) is 7.11 Å². The van der Waals surface area contributed by atoms with Gasteiger partial charge in [0.15, 0.2) is 0 Å². The predicted molar refractivity (Wildman–Crippen MR) is 96.1 cm³/mol. The third kappa shape index (κ3) is 3.83. The predicted octanol–water partition coefficient (Wildman–Crippen LogP) is 5.76. The SMILES string of the molecule is COC(=O)C[C@@H](C)CC[C@H]1C(C)=CC[C@H]2C(C)(C)CCC[C@@]12C. The second kappa shape index (κ2) is 6.99. The number of methoxy groups -OCH3 is 1. The lowest BCUT2D eigenvalue weighted by Gasteiger charge is -2.57. The number of rotatable bonds is 5. The first-order valence-corrected chi connectivity index (χ1v) is 9.44. The molecule has 0 bridgehead atoms. The molecule has 0 aromatic heterocycles. The molecule has 2 aliphatic carbocycles. The van der Waals surface area contributed by atoms with Crippen molar-refractivity contribution in [2.75, 3.05) is 7.11 Å². The van der Waals surface area contributed by atoms with E-state index in [1.807, 2.05) is 0 Å². The van der Waals surface area contributed by atoms with Crippen LogP contribution in [0.15, 0.2) is 11.6 Å². The van der Waals surface area contributed by atoms with E-state index in [1.165, 1.54) is 39.2 Å². The fraction of sp³-hybridized carbons (Fsp3) is 0.857. The van der Waals surface area contributed by atoms with Crippen LogP contribution in [-0.2, 0) is 9.53 Å². The van der Waals surface area contributed by atoms with E-state index in [2.05, 4.69) is 40.7 Å². The molecular formula is C21H36O2. The first-order valence-electron chi connectivity index (χ1n) is 9.44. The van der Waals surface area contributed by atoms with Gasteiger partial charge in [0.2, 0.25) is 0 Å². The maximum atomic E-state index is 11.5. The fourth-order valence-corrected chi connectivity index (χ4v) is 5.62. The maximum Gasteiger partial charge on any atom is 0.305 e. The standard InChI is InChI=1S/C21H36O2/c1-15(14-19(22)23-6)8-10-17-16(2)9-11-18-20(3,4)12-7-13-21(17,18)5/h9,15,17-18H,7-8,10-14H2,1-6H3/t15-,17-,18-,21-/m0/s1. The number of carbonyl (C=O) groups is 1. The maximum absolute atomic E-state index is 11.5. The lowest BCUT2D eigenvalue weighted by atomic mass is 9.48. The molecule has 0 aromatic rings. The summed E-state index contributed by atoms with van der Waals surface area (Å²) in [7, 11) is 1.48. The van der Waals surface area contributed by atoms with Gasteiger partial charge in [-0.2, -0.15) is 0 Å². The van der Waals surface area contributed by atoms with Crippen molar-refractivity contribution in [3.05, 3.63) is 11.6 Å². The van der Waals surface area contributed by atoms with E-state index in [9.17, 15) is 4.79 Å². The van der Waals surface area contributed by atoms with Crippen LogP contribution in [0.1, 0.15) is 79.6 Å². The summed E-state index contributed by atoms with van der Waals surface area (Å²) in [6.07, 6.45) is 10.7. The smallest absolute Gasteiger partial charge is 0.305 e. The highest BCUT2D eigenvalue weighted by molar-refractivity contribution is 5.69. The molecule has 2 aliphatic rings. The molecule has 1 fully saturated rings. The number of allylic oxidation sites excluding steroid dienone is 2. The molecular weight excluding hydrogens is 284 g/mol. The zero-order chi connectivity index (χ0) is 17.3. The highest BCUT2D eigenvalue weighted by Gasteiger charge is 2.51. The lowest BCUT2D eigenvalue weighted by Crippen LogP contribution is -2.48. The van der Waals surface area contributed by atoms with Crippen LogP contribution in [0.5, 0.6) is 0 Å². The van der Waals surface area contributed by atoms with Crippen molar-refractivity contribution in [1.29, 1.82) is 0 Å². The van der Waals surface area contributed by atoms with E-state index in [-0.39, 0.29) is 5.97 Å². The second-order valence-corrected chi connectivity index (χ2v) is 9.10. The van der Waals surface area contributed by atoms with Crippen LogP contribution in [0.25, 0.3) is 0 Å². The summed E-state index contributed by atoms with van der Waals surface area (Å²) in [4.78, 5) is 11.5. The van der Waals surface area contributed by atoms with Crippen molar-refractivity contribution >= 4 is 5.97 Å². The van der Waals surface area contributed by atoms with Gasteiger partial charge in [0.1, 0.15) is 0 Å². The molecule has 2 heteroatoms. The molecule has 2 nitrogen and oxygen atoms in total. The van der Waals surface area contributed by atoms with Gasteiger partial charge >= 0.3 is 5.97 Å². The van der Waals surface area contributed by atoms with Crippen LogP contribution in [0.3, 0.4) is 0 Å². The van der Waals surface area contributed by atoms with E-state index < -0.39 is 0 Å². The molecule has 0 radical (unpaired) electrons. The third-order valence-electron chi connectivity index (χ3n) is 6.99. The van der Waals surface area contributed by atoms with Crippen LogP contribution in [0, 0.1) is 28.6 Å². The minimum absolute atomic E-state index is 0.0729. The van der Waals surface area contributed by atoms with Gasteiger partial charge in [0, 0.05) is 6.42 Å². The number of ether oxygens (including phenoxy) is 1. The largest absolute Gasteiger partial charge is 0.469 e. The van der Waals surface area contributed by atoms with E-state index in [0.29, 0.717) is 29.1 Å². The van der Waals surface area contributed by atoms with Crippen molar-refractivity contribution in [2.24, 2.45) is 28.6 Å². The number of hydrogen-bond donors (Lipinski definition) is 0. The van der Waals surface area contributed by atoms with Crippen LogP contribution in [0.2, 0.25) is 0 Å². The normalized spacial score (nSPS) is 34.3. The summed E-state index contributed by atoms with van der Waals surface area (Å²) in [6.45, 7) is 12.0. The van der Waals surface area contributed by atoms with Crippen LogP contribution < -0.4 is 0 Å². The molecule has 2 rings (SSSR count). The van der Waals surface area contributed by atoms with Gasteiger partial charge in [-0.15, -0.1) is 0 Å². The van der Waals surface area contributed by atoms with Crippen molar-refractivity contribution in [3.8, 4) is 0 Å². The van der Waals surface area contributed by atoms with E-state index in [1.54, 1.807) is 5.57 Å². The average Bonchev–Trinajstić information content (AvgIpc) is 2.45. The molecule has 4 atom stereocenters. The van der Waals surface area contributed by atoms with Crippen molar-refractivity contribution < 1.29 is 9.53 Å². The summed E-state index contributed by atoms with van der Waals surface area (Å²) in [5.41, 5.74) is 2.48. The van der Waals surface area contributed by atoms with Gasteiger partial charge in [-0.3, -0.25) is 4.79 Å². The summed E-state index contributed by atoms with van der Waals surface area (Å²) in [5.74, 6) is 1.82. The van der Waals surface area contributed by atoms with Gasteiger partial charge in [0.25, 0.3) is 0 Å². The number of hydrogen-bond acceptors (Lipinski definition) is 2. The van der Waals surface area contributed by atoms with Gasteiger partial charge in [-0.05, 0) is 67.6 Å². The summed E-state index contributed by atoms with van der Waals surface area (Å²) in [6, 6.07) is 0. The highest BCUT2D eigenvalue weighted by atomic mass is 16.5. The van der Waals surface area contributed by atoms with Crippen molar-refractivity contribution in [1.82, 2.24) is 0 Å². The Morgan fingerprint density at radius 1 is 1.35 bits per heavy atom. The molecule has 0 aromatic carbocycles. The van der Waals surface area contributed by atoms with Crippen molar-refractivity contribution in [3.63, 3.8) is 0 Å². The molecule has 0 N–H and O–H groups in total. The first kappa shape index (κ1) is 18.5. The van der Waals surface area contributed by atoms with Crippen LogP contribution in [-0.4, -0.2) is 13.1 Å². The first-order chi connectivity index (χ1) is 10.7. The number of esters is 1. The summed E-state index contributed by atoms with van der Waals surface area (Å²) < 4.78 is 4.82. The minimum Gasteiger partial charge on any atom is -0.469 e. The lowest BCUT2D eigenvalue weighted by molar-refractivity contribution is -0.141. The Labute approximate surface area is 143 Å². The molecule has 132 valence electrons.